The van der Waals surface area contributed by atoms with E-state index in [4.69, 9.17) is 9.47 Å². The van der Waals surface area contributed by atoms with Gasteiger partial charge in [0.1, 0.15) is 12.4 Å². The zero-order chi connectivity index (χ0) is 22.7. The lowest BCUT2D eigenvalue weighted by Gasteiger charge is -2.20. The highest BCUT2D eigenvalue weighted by atomic mass is 16.5. The van der Waals surface area contributed by atoms with Crippen LogP contribution in [0.4, 0.5) is 5.69 Å². The highest BCUT2D eigenvalue weighted by Gasteiger charge is 2.38. The number of methoxy groups -OCH3 is 1. The number of carbonyl (C=O) groups is 2. The maximum absolute atomic E-state index is 13.6. The number of amides is 1. The van der Waals surface area contributed by atoms with Crippen molar-refractivity contribution in [2.75, 3.05) is 18.6 Å². The van der Waals surface area contributed by atoms with Gasteiger partial charge in [-0.25, -0.2) is 4.79 Å². The summed E-state index contributed by atoms with van der Waals surface area (Å²) in [5.74, 6) is -0.121. The lowest BCUT2D eigenvalue weighted by molar-refractivity contribution is -0.136. The number of hydrogen-bond acceptors (Lipinski definition) is 4. The molecule has 0 spiro atoms. The van der Waals surface area contributed by atoms with Gasteiger partial charge in [-0.2, -0.15) is 0 Å². The van der Waals surface area contributed by atoms with Crippen molar-refractivity contribution in [3.63, 3.8) is 0 Å². The minimum absolute atomic E-state index is 0.261. The molecule has 0 unspecified atom stereocenters. The van der Waals surface area contributed by atoms with E-state index in [2.05, 4.69) is 6.58 Å². The van der Waals surface area contributed by atoms with Gasteiger partial charge >= 0.3 is 5.97 Å². The van der Waals surface area contributed by atoms with Gasteiger partial charge in [-0.05, 0) is 42.1 Å². The predicted octanol–water partition coefficient (Wildman–Crippen LogP) is 5.28. The highest BCUT2D eigenvalue weighted by Crippen LogP contribution is 2.38. The first-order chi connectivity index (χ1) is 15.5. The van der Waals surface area contributed by atoms with Crippen LogP contribution in [-0.4, -0.2) is 25.6 Å². The molecular weight excluding hydrogens is 402 g/mol. The molecule has 1 amide bonds. The maximum Gasteiger partial charge on any atom is 0.340 e. The number of fused-ring (bicyclic) bond motifs is 1. The molecule has 0 aromatic heterocycles. The monoisotopic (exact) mass is 425 g/mol. The predicted molar refractivity (Wildman–Crippen MR) is 126 cm³/mol. The minimum Gasteiger partial charge on any atom is -0.490 e. The molecule has 0 fully saturated rings. The molecule has 0 saturated carbocycles. The van der Waals surface area contributed by atoms with Crippen LogP contribution < -0.4 is 9.64 Å². The molecule has 1 heterocycles. The molecule has 3 aromatic rings. The van der Waals surface area contributed by atoms with Crippen molar-refractivity contribution >= 4 is 34.4 Å². The van der Waals surface area contributed by atoms with Crippen LogP contribution in [0.15, 0.2) is 96.2 Å². The fraction of sp³-hybridized carbons (Fsp3) is 0.111. The number of allylic oxidation sites excluding steroid dienone is 1. The molecule has 5 heteroatoms. The average molecular weight is 425 g/mol. The minimum atomic E-state index is -0.546. The Hall–Kier alpha value is -4.12. The van der Waals surface area contributed by atoms with Crippen LogP contribution in [0.1, 0.15) is 12.5 Å². The number of hydrogen-bond donors (Lipinski definition) is 0. The fourth-order valence-corrected chi connectivity index (χ4v) is 3.86. The molecule has 1 aliphatic rings. The van der Waals surface area contributed by atoms with Gasteiger partial charge < -0.3 is 9.47 Å². The van der Waals surface area contributed by atoms with E-state index in [9.17, 15) is 9.59 Å². The first-order valence-electron chi connectivity index (χ1n) is 10.2. The van der Waals surface area contributed by atoms with Crippen LogP contribution >= 0.6 is 0 Å². The van der Waals surface area contributed by atoms with Crippen LogP contribution in [0.3, 0.4) is 0 Å². The van der Waals surface area contributed by atoms with E-state index in [1.165, 1.54) is 7.11 Å². The summed E-state index contributed by atoms with van der Waals surface area (Å²) >= 11 is 0. The second-order valence-electron chi connectivity index (χ2n) is 7.32. The van der Waals surface area contributed by atoms with E-state index in [0.29, 0.717) is 23.6 Å². The van der Waals surface area contributed by atoms with Crippen molar-refractivity contribution in [2.45, 2.75) is 6.92 Å². The van der Waals surface area contributed by atoms with Crippen molar-refractivity contribution in [3.05, 3.63) is 102 Å². The van der Waals surface area contributed by atoms with E-state index >= 15 is 0 Å². The molecule has 3 aromatic carbocycles. The highest BCUT2D eigenvalue weighted by molar-refractivity contribution is 6.25. The van der Waals surface area contributed by atoms with E-state index in [1.807, 2.05) is 66.7 Å². The quantitative estimate of drug-likeness (QED) is 0.306. The van der Waals surface area contributed by atoms with E-state index in [0.717, 1.165) is 22.0 Å². The third-order valence-electron chi connectivity index (χ3n) is 5.36. The Bertz CT molecular complexity index is 1260. The summed E-state index contributed by atoms with van der Waals surface area (Å²) in [4.78, 5) is 27.8. The summed E-state index contributed by atoms with van der Waals surface area (Å²) in [6, 6.07) is 20.9. The first-order valence-corrected chi connectivity index (χ1v) is 10.2. The Labute approximate surface area is 186 Å². The average Bonchev–Trinajstić information content (AvgIpc) is 3.06. The molecule has 0 radical (unpaired) electrons. The second kappa shape index (κ2) is 8.94. The van der Waals surface area contributed by atoms with Gasteiger partial charge in [-0.15, -0.1) is 0 Å². The van der Waals surface area contributed by atoms with Gasteiger partial charge in [-0.3, -0.25) is 9.69 Å². The van der Waals surface area contributed by atoms with Crippen molar-refractivity contribution in [1.82, 2.24) is 0 Å². The Balaban J connectivity index is 1.80. The Morgan fingerprint density at radius 1 is 1.03 bits per heavy atom. The number of rotatable bonds is 6. The third kappa shape index (κ3) is 3.81. The molecule has 0 N–H and O–H groups in total. The summed E-state index contributed by atoms with van der Waals surface area (Å²) in [5.41, 5.74) is 2.59. The molecule has 32 heavy (non-hydrogen) atoms. The maximum atomic E-state index is 13.6. The zero-order valence-electron chi connectivity index (χ0n) is 18.0. The Kier molecular flexibility index (Phi) is 5.90. The number of esters is 1. The number of ether oxygens (including phenoxy) is 2. The zero-order valence-corrected chi connectivity index (χ0v) is 18.0. The van der Waals surface area contributed by atoms with Crippen LogP contribution in [-0.2, 0) is 14.3 Å². The molecular formula is C27H23NO4. The van der Waals surface area contributed by atoms with E-state index < -0.39 is 5.97 Å². The summed E-state index contributed by atoms with van der Waals surface area (Å²) in [7, 11) is 1.32. The molecule has 0 atom stereocenters. The molecule has 1 aliphatic heterocycles. The summed E-state index contributed by atoms with van der Waals surface area (Å²) < 4.78 is 10.5. The summed E-state index contributed by atoms with van der Waals surface area (Å²) in [6.07, 6.45) is 3.38. The Morgan fingerprint density at radius 2 is 1.75 bits per heavy atom. The van der Waals surface area contributed by atoms with Crippen molar-refractivity contribution in [1.29, 1.82) is 0 Å². The second-order valence-corrected chi connectivity index (χ2v) is 7.32. The summed E-state index contributed by atoms with van der Waals surface area (Å²) in [6.45, 7) is 5.81. The van der Waals surface area contributed by atoms with Crippen LogP contribution in [0.2, 0.25) is 0 Å². The molecule has 5 nitrogen and oxygen atoms in total. The molecule has 160 valence electrons. The summed E-state index contributed by atoms with van der Waals surface area (Å²) in [5, 5.41) is 1.94. The standard InChI is InChI=1S/C27H23NO4/c1-4-16-32-21-14-12-19(13-15-21)17-23-25(27(30)31-3)18(2)28(26(23)29)24-11-7-9-20-8-5-6-10-22(20)24/h4-15,17H,1,16H2,2-3H3. The fourth-order valence-electron chi connectivity index (χ4n) is 3.86. The largest absolute Gasteiger partial charge is 0.490 e. The number of carbonyl (C=O) groups excluding carboxylic acids is 2. The lowest BCUT2D eigenvalue weighted by Crippen LogP contribution is -2.24. The smallest absolute Gasteiger partial charge is 0.340 e. The van der Waals surface area contributed by atoms with Gasteiger partial charge in [0.2, 0.25) is 0 Å². The van der Waals surface area contributed by atoms with E-state index in [1.54, 1.807) is 24.0 Å². The first kappa shape index (κ1) is 21.1. The third-order valence-corrected chi connectivity index (χ3v) is 5.36. The van der Waals surface area contributed by atoms with E-state index in [-0.39, 0.29) is 11.5 Å². The van der Waals surface area contributed by atoms with Crippen molar-refractivity contribution < 1.29 is 19.1 Å². The van der Waals surface area contributed by atoms with Gasteiger partial charge in [0.25, 0.3) is 5.91 Å². The van der Waals surface area contributed by atoms with Crippen molar-refractivity contribution in [3.8, 4) is 5.75 Å². The van der Waals surface area contributed by atoms with Crippen LogP contribution in [0.25, 0.3) is 16.8 Å². The van der Waals surface area contributed by atoms with Crippen molar-refractivity contribution in [2.24, 2.45) is 0 Å². The molecule has 0 bridgehead atoms. The van der Waals surface area contributed by atoms with Gasteiger partial charge in [-0.1, -0.05) is 61.2 Å². The molecule has 0 aliphatic carbocycles. The van der Waals surface area contributed by atoms with Gasteiger partial charge in [0, 0.05) is 11.1 Å². The van der Waals surface area contributed by atoms with Gasteiger partial charge in [0.05, 0.1) is 23.9 Å². The van der Waals surface area contributed by atoms with Crippen LogP contribution in [0, 0.1) is 0 Å². The number of anilines is 1. The SMILES string of the molecule is C=CCOc1ccc(C=C2C(=O)N(c3cccc4ccccc34)C(C)=C2C(=O)OC)cc1. The van der Waals surface area contributed by atoms with Crippen LogP contribution in [0.5, 0.6) is 5.75 Å². The number of nitrogens with zero attached hydrogens (tertiary/aromatic N) is 1. The van der Waals surface area contributed by atoms with Gasteiger partial charge in [0.15, 0.2) is 0 Å². The lowest BCUT2D eigenvalue weighted by atomic mass is 10.0. The topological polar surface area (TPSA) is 55.8 Å². The molecule has 0 saturated heterocycles. The number of benzene rings is 3. The Morgan fingerprint density at radius 3 is 2.47 bits per heavy atom. The normalized spacial score (nSPS) is 14.9. The molecule has 4 rings (SSSR count).